The van der Waals surface area contributed by atoms with Crippen LogP contribution >= 0.6 is 11.8 Å². The summed E-state index contributed by atoms with van der Waals surface area (Å²) in [6.07, 6.45) is 7.62. The molecule has 0 aromatic carbocycles. The van der Waals surface area contributed by atoms with E-state index in [1.807, 2.05) is 11.8 Å². The molecule has 0 aliphatic carbocycles. The van der Waals surface area contributed by atoms with Crippen LogP contribution in [0, 0.1) is 5.92 Å². The maximum atomic E-state index is 5.83. The van der Waals surface area contributed by atoms with Gasteiger partial charge < -0.3 is 24.8 Å². The standard InChI is InChI=1S/C19H37N3O3S/c1-3-20-18(22-16-19(26-2)7-13-24-14-8-19)21-9-4-10-25-15-17-5-11-23-12-6-17/h17H,3-16H2,1-2H3,(H2,20,21,22). The fourth-order valence-corrected chi connectivity index (χ4v) is 4.05. The van der Waals surface area contributed by atoms with Crippen molar-refractivity contribution >= 4 is 17.7 Å². The summed E-state index contributed by atoms with van der Waals surface area (Å²) in [4.78, 5) is 4.83. The molecule has 26 heavy (non-hydrogen) atoms. The molecule has 2 N–H and O–H groups in total. The van der Waals surface area contributed by atoms with Crippen molar-refractivity contribution in [3.05, 3.63) is 0 Å². The zero-order valence-electron chi connectivity index (χ0n) is 16.6. The van der Waals surface area contributed by atoms with Gasteiger partial charge in [0.15, 0.2) is 5.96 Å². The van der Waals surface area contributed by atoms with Gasteiger partial charge in [-0.25, -0.2) is 0 Å². The minimum absolute atomic E-state index is 0.230. The summed E-state index contributed by atoms with van der Waals surface area (Å²) >= 11 is 1.93. The Kier molecular flexibility index (Phi) is 10.7. The molecule has 0 aromatic heterocycles. The Morgan fingerprint density at radius 1 is 1.15 bits per heavy atom. The van der Waals surface area contributed by atoms with Crippen molar-refractivity contribution in [1.29, 1.82) is 0 Å². The molecule has 2 rings (SSSR count). The molecule has 0 atom stereocenters. The van der Waals surface area contributed by atoms with Crippen LogP contribution in [0.25, 0.3) is 0 Å². The number of nitrogens with zero attached hydrogens (tertiary/aromatic N) is 1. The van der Waals surface area contributed by atoms with Gasteiger partial charge in [-0.15, -0.1) is 0 Å². The Morgan fingerprint density at radius 2 is 1.88 bits per heavy atom. The molecule has 0 bridgehead atoms. The monoisotopic (exact) mass is 387 g/mol. The molecule has 0 amide bonds. The Hall–Kier alpha value is -0.500. The second-order valence-electron chi connectivity index (χ2n) is 7.11. The van der Waals surface area contributed by atoms with Gasteiger partial charge in [0.1, 0.15) is 0 Å². The third-order valence-electron chi connectivity index (χ3n) is 5.16. The Morgan fingerprint density at radius 3 is 2.58 bits per heavy atom. The summed E-state index contributed by atoms with van der Waals surface area (Å²) in [7, 11) is 0. The fraction of sp³-hybridized carbons (Fsp3) is 0.947. The molecular weight excluding hydrogens is 350 g/mol. The van der Waals surface area contributed by atoms with E-state index in [9.17, 15) is 0 Å². The van der Waals surface area contributed by atoms with E-state index in [0.717, 1.165) is 97.3 Å². The van der Waals surface area contributed by atoms with Gasteiger partial charge in [-0.1, -0.05) is 0 Å². The van der Waals surface area contributed by atoms with Crippen LogP contribution in [0.5, 0.6) is 0 Å². The smallest absolute Gasteiger partial charge is 0.191 e. The van der Waals surface area contributed by atoms with Crippen LogP contribution in [-0.4, -0.2) is 76.2 Å². The Bertz CT molecular complexity index is 397. The van der Waals surface area contributed by atoms with E-state index in [4.69, 9.17) is 19.2 Å². The number of rotatable bonds is 10. The van der Waals surface area contributed by atoms with Gasteiger partial charge >= 0.3 is 0 Å². The van der Waals surface area contributed by atoms with Crippen molar-refractivity contribution in [2.24, 2.45) is 10.9 Å². The molecule has 0 saturated carbocycles. The molecule has 0 radical (unpaired) electrons. The van der Waals surface area contributed by atoms with Crippen molar-refractivity contribution in [2.45, 2.75) is 43.8 Å². The molecule has 0 spiro atoms. The van der Waals surface area contributed by atoms with Gasteiger partial charge in [-0.2, -0.15) is 11.8 Å². The van der Waals surface area contributed by atoms with Gasteiger partial charge in [0, 0.05) is 57.5 Å². The molecular formula is C19H37N3O3S. The highest BCUT2D eigenvalue weighted by molar-refractivity contribution is 8.00. The SMILES string of the molecule is CCNC(=NCC1(SC)CCOCC1)NCCCOCC1CCOCC1. The van der Waals surface area contributed by atoms with E-state index in [2.05, 4.69) is 23.8 Å². The van der Waals surface area contributed by atoms with Gasteiger partial charge in [0.05, 0.1) is 6.54 Å². The Labute approximate surface area is 163 Å². The maximum Gasteiger partial charge on any atom is 0.191 e. The lowest BCUT2D eigenvalue weighted by molar-refractivity contribution is 0.0203. The van der Waals surface area contributed by atoms with E-state index in [0.29, 0.717) is 5.92 Å². The lowest BCUT2D eigenvalue weighted by atomic mass is 9.99. The zero-order valence-corrected chi connectivity index (χ0v) is 17.4. The molecule has 6 nitrogen and oxygen atoms in total. The third-order valence-corrected chi connectivity index (χ3v) is 6.56. The summed E-state index contributed by atoms with van der Waals surface area (Å²) < 4.78 is 17.0. The largest absolute Gasteiger partial charge is 0.381 e. The van der Waals surface area contributed by atoms with E-state index in [-0.39, 0.29) is 4.75 Å². The van der Waals surface area contributed by atoms with Gasteiger partial charge in [-0.3, -0.25) is 4.99 Å². The summed E-state index contributed by atoms with van der Waals surface area (Å²) in [5.74, 6) is 1.59. The molecule has 2 aliphatic heterocycles. The van der Waals surface area contributed by atoms with Gasteiger partial charge in [0.25, 0.3) is 0 Å². The third kappa shape index (κ3) is 8.03. The van der Waals surface area contributed by atoms with Crippen molar-refractivity contribution in [3.63, 3.8) is 0 Å². The molecule has 2 fully saturated rings. The van der Waals surface area contributed by atoms with Crippen LogP contribution in [0.3, 0.4) is 0 Å². The topological polar surface area (TPSA) is 64.1 Å². The summed E-state index contributed by atoms with van der Waals surface area (Å²) in [5.41, 5.74) is 0. The van der Waals surface area contributed by atoms with Crippen LogP contribution in [0.4, 0.5) is 0 Å². The normalized spacial score (nSPS) is 21.5. The molecule has 2 aliphatic rings. The van der Waals surface area contributed by atoms with E-state index in [1.54, 1.807) is 0 Å². The summed E-state index contributed by atoms with van der Waals surface area (Å²) in [6, 6.07) is 0. The highest BCUT2D eigenvalue weighted by Crippen LogP contribution is 2.33. The summed E-state index contributed by atoms with van der Waals surface area (Å²) in [5, 5.41) is 6.79. The first-order valence-electron chi connectivity index (χ1n) is 10.1. The molecule has 0 unspecified atom stereocenters. The predicted octanol–water partition coefficient (Wildman–Crippen LogP) is 2.29. The Balaban J connectivity index is 1.63. The van der Waals surface area contributed by atoms with Crippen LogP contribution in [0.15, 0.2) is 4.99 Å². The van der Waals surface area contributed by atoms with Gasteiger partial charge in [0.2, 0.25) is 0 Å². The average Bonchev–Trinajstić information content (AvgIpc) is 2.70. The molecule has 2 saturated heterocycles. The van der Waals surface area contributed by atoms with Crippen LogP contribution in [0.1, 0.15) is 39.0 Å². The highest BCUT2D eigenvalue weighted by Gasteiger charge is 2.31. The molecule has 7 heteroatoms. The second-order valence-corrected chi connectivity index (χ2v) is 8.38. The molecule has 0 aromatic rings. The fourth-order valence-electron chi connectivity index (χ4n) is 3.28. The maximum absolute atomic E-state index is 5.83. The zero-order chi connectivity index (χ0) is 18.5. The van der Waals surface area contributed by atoms with Crippen LogP contribution < -0.4 is 10.6 Å². The van der Waals surface area contributed by atoms with Crippen molar-refractivity contribution in [2.75, 3.05) is 65.5 Å². The quantitative estimate of drug-likeness (QED) is 0.341. The number of nitrogens with one attached hydrogen (secondary N) is 2. The number of thioether (sulfide) groups is 1. The molecule has 152 valence electrons. The molecule has 2 heterocycles. The van der Waals surface area contributed by atoms with Crippen molar-refractivity contribution in [1.82, 2.24) is 10.6 Å². The number of hydrogen-bond acceptors (Lipinski definition) is 5. The van der Waals surface area contributed by atoms with E-state index >= 15 is 0 Å². The number of guanidine groups is 1. The average molecular weight is 388 g/mol. The lowest BCUT2D eigenvalue weighted by Crippen LogP contribution is -2.41. The first kappa shape index (κ1) is 21.8. The van der Waals surface area contributed by atoms with E-state index < -0.39 is 0 Å². The number of ether oxygens (including phenoxy) is 3. The second kappa shape index (κ2) is 12.8. The minimum Gasteiger partial charge on any atom is -0.381 e. The van der Waals surface area contributed by atoms with Gasteiger partial charge in [-0.05, 0) is 51.2 Å². The minimum atomic E-state index is 0.230. The van der Waals surface area contributed by atoms with Crippen molar-refractivity contribution < 1.29 is 14.2 Å². The van der Waals surface area contributed by atoms with Crippen LogP contribution in [0.2, 0.25) is 0 Å². The number of hydrogen-bond donors (Lipinski definition) is 2. The first-order chi connectivity index (χ1) is 12.8. The first-order valence-corrected chi connectivity index (χ1v) is 11.3. The summed E-state index contributed by atoms with van der Waals surface area (Å²) in [6.45, 7) is 9.86. The van der Waals surface area contributed by atoms with Crippen LogP contribution in [-0.2, 0) is 14.2 Å². The lowest BCUT2D eigenvalue weighted by Gasteiger charge is -2.34. The van der Waals surface area contributed by atoms with Crippen molar-refractivity contribution in [3.8, 4) is 0 Å². The predicted molar refractivity (Wildman–Crippen MR) is 109 cm³/mol. The number of aliphatic imine (C=N–C) groups is 1. The van der Waals surface area contributed by atoms with E-state index in [1.165, 1.54) is 0 Å². The highest BCUT2D eigenvalue weighted by atomic mass is 32.2.